The summed E-state index contributed by atoms with van der Waals surface area (Å²) < 4.78 is 13.2. The van der Waals surface area contributed by atoms with Crippen molar-refractivity contribution in [3.05, 3.63) is 41.5 Å². The number of aromatic nitrogens is 5. The van der Waals surface area contributed by atoms with Gasteiger partial charge in [0.15, 0.2) is 5.82 Å². The molecule has 0 bridgehead atoms. The summed E-state index contributed by atoms with van der Waals surface area (Å²) in [6, 6.07) is 6.49. The fourth-order valence-electron chi connectivity index (χ4n) is 1.89. The van der Waals surface area contributed by atoms with Crippen molar-refractivity contribution >= 4 is 16.7 Å². The molecule has 1 aromatic carbocycles. The van der Waals surface area contributed by atoms with Crippen LogP contribution >= 0.6 is 0 Å². The second-order valence-corrected chi connectivity index (χ2v) is 4.17. The smallest absolute Gasteiger partial charge is 0.193 e. The molecule has 0 aliphatic carbocycles. The average molecular weight is 258 g/mol. The van der Waals surface area contributed by atoms with Gasteiger partial charge in [0.2, 0.25) is 0 Å². The number of hydrogen-bond acceptors (Lipinski definition) is 5. The van der Waals surface area contributed by atoms with E-state index in [0.29, 0.717) is 23.7 Å². The van der Waals surface area contributed by atoms with Crippen LogP contribution in [-0.2, 0) is 6.54 Å². The zero-order valence-electron chi connectivity index (χ0n) is 10.2. The molecule has 2 aromatic heterocycles. The molecule has 0 atom stereocenters. The van der Waals surface area contributed by atoms with Gasteiger partial charge in [0, 0.05) is 11.5 Å². The lowest BCUT2D eigenvalue weighted by Gasteiger charge is -2.07. The van der Waals surface area contributed by atoms with Crippen molar-refractivity contribution in [2.24, 2.45) is 0 Å². The number of aromatic amines is 1. The molecular weight excluding hydrogens is 247 g/mol. The van der Waals surface area contributed by atoms with Crippen molar-refractivity contribution in [2.45, 2.75) is 13.5 Å². The Morgan fingerprint density at radius 3 is 3.00 bits per heavy atom. The molecular formula is C12H11FN6. The molecule has 0 aliphatic heterocycles. The monoisotopic (exact) mass is 258 g/mol. The van der Waals surface area contributed by atoms with Crippen LogP contribution in [0.5, 0.6) is 0 Å². The maximum atomic E-state index is 13.2. The van der Waals surface area contributed by atoms with Gasteiger partial charge in [-0.3, -0.25) is 0 Å². The molecule has 0 saturated heterocycles. The highest BCUT2D eigenvalue weighted by atomic mass is 19.1. The molecule has 0 aliphatic rings. The molecule has 7 heteroatoms. The molecule has 3 aromatic rings. The van der Waals surface area contributed by atoms with E-state index in [0.717, 1.165) is 10.9 Å². The van der Waals surface area contributed by atoms with Crippen LogP contribution in [0.25, 0.3) is 10.9 Å². The fraction of sp³-hybridized carbons (Fsp3) is 0.167. The lowest BCUT2D eigenvalue weighted by atomic mass is 10.1. The maximum absolute atomic E-state index is 13.2. The normalized spacial score (nSPS) is 10.8. The number of pyridine rings is 1. The van der Waals surface area contributed by atoms with Crippen LogP contribution in [0.3, 0.4) is 0 Å². The van der Waals surface area contributed by atoms with E-state index < -0.39 is 0 Å². The summed E-state index contributed by atoms with van der Waals surface area (Å²) >= 11 is 0. The van der Waals surface area contributed by atoms with Gasteiger partial charge in [-0.05, 0) is 30.7 Å². The Labute approximate surface area is 108 Å². The number of halogens is 1. The molecule has 0 saturated carbocycles. The van der Waals surface area contributed by atoms with Crippen LogP contribution in [0.2, 0.25) is 0 Å². The predicted molar refractivity (Wildman–Crippen MR) is 67.9 cm³/mol. The number of nitrogens with zero attached hydrogens (tertiary/aromatic N) is 4. The van der Waals surface area contributed by atoms with Crippen LogP contribution in [-0.4, -0.2) is 25.6 Å². The molecule has 96 valence electrons. The zero-order valence-corrected chi connectivity index (χ0v) is 10.2. The minimum absolute atomic E-state index is 0.297. The first-order chi connectivity index (χ1) is 9.22. The van der Waals surface area contributed by atoms with E-state index >= 15 is 0 Å². The largest absolute Gasteiger partial charge is 0.363 e. The Hall–Kier alpha value is -2.57. The molecule has 0 amide bonds. The number of aryl methyl sites for hydroxylation is 1. The second kappa shape index (κ2) is 4.60. The molecule has 0 unspecified atom stereocenters. The summed E-state index contributed by atoms with van der Waals surface area (Å²) in [5.74, 6) is 0.897. The fourth-order valence-corrected chi connectivity index (χ4v) is 1.89. The number of fused-ring (bicyclic) bond motifs is 1. The lowest BCUT2D eigenvalue weighted by molar-refractivity contribution is 0.629. The lowest BCUT2D eigenvalue weighted by Crippen LogP contribution is -2.03. The van der Waals surface area contributed by atoms with E-state index in [2.05, 4.69) is 30.9 Å². The maximum Gasteiger partial charge on any atom is 0.193 e. The van der Waals surface area contributed by atoms with Gasteiger partial charge < -0.3 is 5.32 Å². The SMILES string of the molecule is Cc1cc(NCc2nn[nH]n2)nc2cc(F)ccc12. The molecule has 0 radical (unpaired) electrons. The van der Waals surface area contributed by atoms with Crippen molar-refractivity contribution in [3.8, 4) is 0 Å². The van der Waals surface area contributed by atoms with Crippen molar-refractivity contribution < 1.29 is 4.39 Å². The quantitative estimate of drug-likeness (QED) is 0.749. The third-order valence-electron chi connectivity index (χ3n) is 2.80. The summed E-state index contributed by atoms with van der Waals surface area (Å²) in [6.07, 6.45) is 0. The van der Waals surface area contributed by atoms with Gasteiger partial charge in [-0.1, -0.05) is 5.21 Å². The third-order valence-corrected chi connectivity index (χ3v) is 2.80. The van der Waals surface area contributed by atoms with Crippen molar-refractivity contribution in [2.75, 3.05) is 5.32 Å². The second-order valence-electron chi connectivity index (χ2n) is 4.17. The van der Waals surface area contributed by atoms with Gasteiger partial charge in [-0.15, -0.1) is 10.2 Å². The van der Waals surface area contributed by atoms with Crippen LogP contribution in [0.1, 0.15) is 11.4 Å². The van der Waals surface area contributed by atoms with Crippen molar-refractivity contribution in [1.29, 1.82) is 0 Å². The number of H-pyrrole nitrogens is 1. The van der Waals surface area contributed by atoms with Crippen molar-refractivity contribution in [3.63, 3.8) is 0 Å². The van der Waals surface area contributed by atoms with Crippen LogP contribution in [0.4, 0.5) is 10.2 Å². The highest BCUT2D eigenvalue weighted by Gasteiger charge is 2.05. The molecule has 3 rings (SSSR count). The minimum atomic E-state index is -0.297. The number of rotatable bonds is 3. The summed E-state index contributed by atoms with van der Waals surface area (Å²) in [5, 5.41) is 17.5. The van der Waals surface area contributed by atoms with Crippen LogP contribution < -0.4 is 5.32 Å². The Morgan fingerprint density at radius 1 is 1.32 bits per heavy atom. The van der Waals surface area contributed by atoms with Crippen LogP contribution in [0.15, 0.2) is 24.3 Å². The first-order valence-corrected chi connectivity index (χ1v) is 5.75. The minimum Gasteiger partial charge on any atom is -0.363 e. The molecule has 2 N–H and O–H groups in total. The highest BCUT2D eigenvalue weighted by Crippen LogP contribution is 2.21. The summed E-state index contributed by atoms with van der Waals surface area (Å²) in [7, 11) is 0. The third kappa shape index (κ3) is 2.35. The number of hydrogen-bond donors (Lipinski definition) is 2. The van der Waals surface area contributed by atoms with Crippen molar-refractivity contribution in [1.82, 2.24) is 25.6 Å². The van der Waals surface area contributed by atoms with Gasteiger partial charge in [0.05, 0.1) is 12.1 Å². The Morgan fingerprint density at radius 2 is 2.21 bits per heavy atom. The number of nitrogens with one attached hydrogen (secondary N) is 2. The molecule has 6 nitrogen and oxygen atoms in total. The molecule has 0 spiro atoms. The topological polar surface area (TPSA) is 79.4 Å². The number of anilines is 1. The van der Waals surface area contributed by atoms with Gasteiger partial charge in [0.1, 0.15) is 11.6 Å². The zero-order chi connectivity index (χ0) is 13.2. The first kappa shape index (κ1) is 11.5. The number of tetrazole rings is 1. The van der Waals surface area contributed by atoms with E-state index in [1.807, 2.05) is 13.0 Å². The van der Waals surface area contributed by atoms with E-state index in [-0.39, 0.29) is 5.82 Å². The molecule has 19 heavy (non-hydrogen) atoms. The predicted octanol–water partition coefficient (Wildman–Crippen LogP) is 1.81. The standard InChI is InChI=1S/C12H11FN6/c1-7-4-11(14-6-12-16-18-19-17-12)15-10-5-8(13)2-3-9(7)10/h2-5H,6H2,1H3,(H,14,15)(H,16,17,18,19). The Bertz CT molecular complexity index is 710. The first-order valence-electron chi connectivity index (χ1n) is 5.75. The summed E-state index contributed by atoms with van der Waals surface area (Å²) in [6.45, 7) is 2.37. The number of benzene rings is 1. The highest BCUT2D eigenvalue weighted by molar-refractivity contribution is 5.83. The molecule has 2 heterocycles. The Balaban J connectivity index is 1.91. The van der Waals surface area contributed by atoms with E-state index in [1.165, 1.54) is 12.1 Å². The average Bonchev–Trinajstić information content (AvgIpc) is 2.89. The van der Waals surface area contributed by atoms with E-state index in [9.17, 15) is 4.39 Å². The molecule has 0 fully saturated rings. The Kier molecular flexibility index (Phi) is 2.79. The van der Waals surface area contributed by atoms with Gasteiger partial charge in [-0.2, -0.15) is 5.21 Å². The van der Waals surface area contributed by atoms with Gasteiger partial charge in [-0.25, -0.2) is 9.37 Å². The summed E-state index contributed by atoms with van der Waals surface area (Å²) in [5.41, 5.74) is 1.65. The van der Waals surface area contributed by atoms with Crippen LogP contribution in [0, 0.1) is 12.7 Å². The van der Waals surface area contributed by atoms with Gasteiger partial charge in [0.25, 0.3) is 0 Å². The van der Waals surface area contributed by atoms with Gasteiger partial charge >= 0.3 is 0 Å². The van der Waals surface area contributed by atoms with E-state index in [1.54, 1.807) is 6.07 Å². The van der Waals surface area contributed by atoms with E-state index in [4.69, 9.17) is 0 Å². The summed E-state index contributed by atoms with van der Waals surface area (Å²) in [4.78, 5) is 4.36.